The SMILES string of the molecule is CN(C)Cc1ccccc1NC1CCCC1CN. The summed E-state index contributed by atoms with van der Waals surface area (Å²) in [6, 6.07) is 9.16. The van der Waals surface area contributed by atoms with Crippen LogP contribution in [0.25, 0.3) is 0 Å². The van der Waals surface area contributed by atoms with Gasteiger partial charge in [0, 0.05) is 18.3 Å². The van der Waals surface area contributed by atoms with E-state index < -0.39 is 0 Å². The molecule has 1 aliphatic rings. The molecule has 1 fully saturated rings. The zero-order chi connectivity index (χ0) is 13.0. The van der Waals surface area contributed by atoms with Gasteiger partial charge in [-0.05, 0) is 51.0 Å². The first kappa shape index (κ1) is 13.4. The van der Waals surface area contributed by atoms with Crippen molar-refractivity contribution in [3.05, 3.63) is 29.8 Å². The number of hydrogen-bond acceptors (Lipinski definition) is 3. The van der Waals surface area contributed by atoms with Gasteiger partial charge in [-0.1, -0.05) is 24.6 Å². The fourth-order valence-electron chi connectivity index (χ4n) is 2.85. The lowest BCUT2D eigenvalue weighted by Gasteiger charge is -2.23. The first-order chi connectivity index (χ1) is 8.70. The minimum atomic E-state index is 0.554. The lowest BCUT2D eigenvalue weighted by atomic mass is 10.0. The molecule has 3 heteroatoms. The maximum atomic E-state index is 5.85. The van der Waals surface area contributed by atoms with Crippen LogP contribution in [0.3, 0.4) is 0 Å². The number of nitrogens with two attached hydrogens (primary N) is 1. The van der Waals surface area contributed by atoms with E-state index in [0.29, 0.717) is 12.0 Å². The lowest BCUT2D eigenvalue weighted by molar-refractivity contribution is 0.402. The van der Waals surface area contributed by atoms with E-state index in [-0.39, 0.29) is 0 Å². The van der Waals surface area contributed by atoms with Crippen LogP contribution in [0.15, 0.2) is 24.3 Å². The molecule has 18 heavy (non-hydrogen) atoms. The highest BCUT2D eigenvalue weighted by Gasteiger charge is 2.26. The van der Waals surface area contributed by atoms with Gasteiger partial charge in [0.15, 0.2) is 0 Å². The van der Waals surface area contributed by atoms with Crippen molar-refractivity contribution < 1.29 is 0 Å². The molecular formula is C15H25N3. The number of benzene rings is 1. The Hall–Kier alpha value is -1.06. The number of hydrogen-bond donors (Lipinski definition) is 2. The third-order valence-corrected chi connectivity index (χ3v) is 3.81. The van der Waals surface area contributed by atoms with Gasteiger partial charge in [-0.25, -0.2) is 0 Å². The minimum Gasteiger partial charge on any atom is -0.382 e. The third-order valence-electron chi connectivity index (χ3n) is 3.81. The molecule has 2 rings (SSSR count). The first-order valence-corrected chi connectivity index (χ1v) is 6.90. The van der Waals surface area contributed by atoms with Gasteiger partial charge in [0.05, 0.1) is 0 Å². The second-order valence-electron chi connectivity index (χ2n) is 5.57. The molecule has 0 amide bonds. The third kappa shape index (κ3) is 3.24. The van der Waals surface area contributed by atoms with Crippen molar-refractivity contribution >= 4 is 5.69 Å². The summed E-state index contributed by atoms with van der Waals surface area (Å²) in [5.74, 6) is 0.636. The normalized spacial score (nSPS) is 23.6. The molecule has 0 saturated heterocycles. The molecular weight excluding hydrogens is 222 g/mol. The summed E-state index contributed by atoms with van der Waals surface area (Å²) in [4.78, 5) is 2.20. The van der Waals surface area contributed by atoms with Crippen LogP contribution in [0.4, 0.5) is 5.69 Å². The zero-order valence-electron chi connectivity index (χ0n) is 11.5. The van der Waals surface area contributed by atoms with E-state index in [0.717, 1.165) is 13.1 Å². The average molecular weight is 247 g/mol. The van der Waals surface area contributed by atoms with Crippen LogP contribution < -0.4 is 11.1 Å². The van der Waals surface area contributed by atoms with Crippen molar-refractivity contribution in [2.75, 3.05) is 26.0 Å². The summed E-state index contributed by atoms with van der Waals surface area (Å²) in [7, 11) is 4.21. The number of para-hydroxylation sites is 1. The Labute approximate surface area is 110 Å². The molecule has 1 saturated carbocycles. The molecule has 3 nitrogen and oxygen atoms in total. The van der Waals surface area contributed by atoms with Crippen LogP contribution in [-0.4, -0.2) is 31.6 Å². The Morgan fingerprint density at radius 2 is 2.06 bits per heavy atom. The summed E-state index contributed by atoms with van der Waals surface area (Å²) in [5.41, 5.74) is 8.49. The minimum absolute atomic E-state index is 0.554. The Balaban J connectivity index is 2.08. The van der Waals surface area contributed by atoms with E-state index in [4.69, 9.17) is 5.73 Å². The highest BCUT2D eigenvalue weighted by Crippen LogP contribution is 2.29. The molecule has 1 aromatic rings. The number of nitrogens with zero attached hydrogens (tertiary/aromatic N) is 1. The van der Waals surface area contributed by atoms with Crippen LogP contribution in [0.2, 0.25) is 0 Å². The maximum absolute atomic E-state index is 5.85. The molecule has 0 radical (unpaired) electrons. The molecule has 0 spiro atoms. The van der Waals surface area contributed by atoms with Gasteiger partial charge in [-0.15, -0.1) is 0 Å². The Morgan fingerprint density at radius 3 is 2.78 bits per heavy atom. The van der Waals surface area contributed by atoms with E-state index in [2.05, 4.69) is 48.6 Å². The molecule has 0 bridgehead atoms. The van der Waals surface area contributed by atoms with Crippen LogP contribution in [0.1, 0.15) is 24.8 Å². The summed E-state index contributed by atoms with van der Waals surface area (Å²) in [6.07, 6.45) is 3.82. The van der Waals surface area contributed by atoms with Crippen LogP contribution in [0, 0.1) is 5.92 Å². The van der Waals surface area contributed by atoms with E-state index in [9.17, 15) is 0 Å². The van der Waals surface area contributed by atoms with Crippen LogP contribution >= 0.6 is 0 Å². The predicted molar refractivity (Wildman–Crippen MR) is 77.6 cm³/mol. The smallest absolute Gasteiger partial charge is 0.0388 e. The second kappa shape index (κ2) is 6.21. The van der Waals surface area contributed by atoms with Crippen LogP contribution in [0.5, 0.6) is 0 Å². The molecule has 2 unspecified atom stereocenters. The summed E-state index contributed by atoms with van der Waals surface area (Å²) in [6.45, 7) is 1.77. The molecule has 2 atom stereocenters. The first-order valence-electron chi connectivity index (χ1n) is 6.90. The predicted octanol–water partition coefficient (Wildman–Crippen LogP) is 2.29. The zero-order valence-corrected chi connectivity index (χ0v) is 11.5. The molecule has 1 aliphatic carbocycles. The van der Waals surface area contributed by atoms with Gasteiger partial charge < -0.3 is 16.0 Å². The van der Waals surface area contributed by atoms with E-state index in [1.165, 1.54) is 30.5 Å². The van der Waals surface area contributed by atoms with E-state index in [1.54, 1.807) is 0 Å². The number of anilines is 1. The topological polar surface area (TPSA) is 41.3 Å². The fourth-order valence-corrected chi connectivity index (χ4v) is 2.85. The van der Waals surface area contributed by atoms with Crippen molar-refractivity contribution in [2.24, 2.45) is 11.7 Å². The molecule has 0 aliphatic heterocycles. The van der Waals surface area contributed by atoms with Gasteiger partial charge in [0.1, 0.15) is 0 Å². The quantitative estimate of drug-likeness (QED) is 0.839. The number of rotatable bonds is 5. The summed E-state index contributed by atoms with van der Waals surface area (Å²) in [5, 5.41) is 3.71. The van der Waals surface area contributed by atoms with Gasteiger partial charge in [0.25, 0.3) is 0 Å². The van der Waals surface area contributed by atoms with Crippen molar-refractivity contribution in [1.29, 1.82) is 0 Å². The van der Waals surface area contributed by atoms with Gasteiger partial charge in [-0.2, -0.15) is 0 Å². The maximum Gasteiger partial charge on any atom is 0.0388 e. The summed E-state index contributed by atoms with van der Waals surface area (Å²) < 4.78 is 0. The standard InChI is InChI=1S/C15H25N3/c1-18(2)11-13-6-3-4-8-15(13)17-14-9-5-7-12(14)10-16/h3-4,6,8,12,14,17H,5,7,9-11,16H2,1-2H3. The second-order valence-corrected chi connectivity index (χ2v) is 5.57. The lowest BCUT2D eigenvalue weighted by Crippen LogP contribution is -2.30. The molecule has 100 valence electrons. The van der Waals surface area contributed by atoms with Gasteiger partial charge in [0.2, 0.25) is 0 Å². The highest BCUT2D eigenvalue weighted by molar-refractivity contribution is 5.52. The number of nitrogens with one attached hydrogen (secondary N) is 1. The van der Waals surface area contributed by atoms with Crippen molar-refractivity contribution in [1.82, 2.24) is 4.90 Å². The monoisotopic (exact) mass is 247 g/mol. The average Bonchev–Trinajstić information content (AvgIpc) is 2.78. The largest absolute Gasteiger partial charge is 0.382 e. The van der Waals surface area contributed by atoms with Crippen molar-refractivity contribution in [3.63, 3.8) is 0 Å². The van der Waals surface area contributed by atoms with Crippen molar-refractivity contribution in [3.8, 4) is 0 Å². The molecule has 0 heterocycles. The fraction of sp³-hybridized carbons (Fsp3) is 0.600. The Bertz CT molecular complexity index is 376. The Kier molecular flexibility index (Phi) is 4.61. The van der Waals surface area contributed by atoms with Gasteiger partial charge in [-0.3, -0.25) is 0 Å². The molecule has 0 aromatic heterocycles. The van der Waals surface area contributed by atoms with E-state index in [1.807, 2.05) is 0 Å². The summed E-state index contributed by atoms with van der Waals surface area (Å²) >= 11 is 0. The molecule has 3 N–H and O–H groups in total. The molecule has 1 aromatic carbocycles. The highest BCUT2D eigenvalue weighted by atomic mass is 15.1. The van der Waals surface area contributed by atoms with Gasteiger partial charge >= 0.3 is 0 Å². The van der Waals surface area contributed by atoms with Crippen molar-refractivity contribution in [2.45, 2.75) is 31.8 Å². The van der Waals surface area contributed by atoms with Crippen LogP contribution in [-0.2, 0) is 6.54 Å². The van der Waals surface area contributed by atoms with E-state index >= 15 is 0 Å². The Morgan fingerprint density at radius 1 is 1.28 bits per heavy atom.